The molecule has 0 saturated carbocycles. The predicted molar refractivity (Wildman–Crippen MR) is 78.1 cm³/mol. The lowest BCUT2D eigenvalue weighted by molar-refractivity contribution is 0.101. The fourth-order valence-corrected chi connectivity index (χ4v) is 1.74. The van der Waals surface area contributed by atoms with Gasteiger partial charge in [0, 0.05) is 5.56 Å². The van der Waals surface area contributed by atoms with Gasteiger partial charge in [0.2, 0.25) is 0 Å². The third kappa shape index (κ3) is 3.29. The minimum absolute atomic E-state index is 0.0155. The average Bonchev–Trinajstić information content (AvgIpc) is 2.47. The molecule has 0 aliphatic heterocycles. The Bertz CT molecular complexity index is 646. The first kappa shape index (κ1) is 13.9. The molecule has 0 unspecified atom stereocenters. The average molecular weight is 268 g/mol. The second-order valence-electron chi connectivity index (χ2n) is 4.48. The number of nitrogens with zero attached hydrogens (tertiary/aromatic N) is 2. The maximum atomic E-state index is 11.2. The molecule has 0 aliphatic carbocycles. The molecule has 0 spiro atoms. The summed E-state index contributed by atoms with van der Waals surface area (Å²) in [5.74, 6) is 0.119. The molecule has 0 heterocycles. The first-order valence-electron chi connectivity index (χ1n) is 6.45. The molecule has 0 atom stereocenters. The highest BCUT2D eigenvalue weighted by Gasteiger charge is 2.01. The summed E-state index contributed by atoms with van der Waals surface area (Å²) in [4.78, 5) is 11.2. The van der Waals surface area contributed by atoms with E-state index in [9.17, 15) is 9.90 Å². The number of hydrogen-bond acceptors (Lipinski definition) is 4. The van der Waals surface area contributed by atoms with Gasteiger partial charge in [-0.2, -0.15) is 5.11 Å². The van der Waals surface area contributed by atoms with E-state index in [0.717, 1.165) is 12.0 Å². The lowest BCUT2D eigenvalue weighted by Crippen LogP contribution is -1.89. The third-order valence-corrected chi connectivity index (χ3v) is 3.00. The number of phenols is 1. The standard InChI is InChI=1S/C16H16N2O2/c1-3-12-4-9-16(20)15(10-12)18-17-14-7-5-13(6-8-14)11(2)19/h4-10,20H,3H2,1-2H3. The largest absolute Gasteiger partial charge is 0.506 e. The molecule has 2 rings (SSSR count). The molecule has 0 radical (unpaired) electrons. The molecule has 0 saturated heterocycles. The Hall–Kier alpha value is -2.49. The molecule has 2 aromatic rings. The Morgan fingerprint density at radius 2 is 1.80 bits per heavy atom. The fraction of sp³-hybridized carbons (Fsp3) is 0.188. The molecule has 0 bridgehead atoms. The van der Waals surface area contributed by atoms with Gasteiger partial charge in [-0.1, -0.05) is 13.0 Å². The molecule has 0 aromatic heterocycles. The molecular formula is C16H16N2O2. The van der Waals surface area contributed by atoms with Crippen molar-refractivity contribution in [2.24, 2.45) is 10.2 Å². The summed E-state index contributed by atoms with van der Waals surface area (Å²) in [5, 5.41) is 17.8. The Labute approximate surface area is 117 Å². The highest BCUT2D eigenvalue weighted by atomic mass is 16.3. The number of benzene rings is 2. The second-order valence-corrected chi connectivity index (χ2v) is 4.48. The molecule has 102 valence electrons. The van der Waals surface area contributed by atoms with Crippen LogP contribution >= 0.6 is 0 Å². The lowest BCUT2D eigenvalue weighted by Gasteiger charge is -2.01. The summed E-state index contributed by atoms with van der Waals surface area (Å²) >= 11 is 0. The number of carbonyl (C=O) groups excluding carboxylic acids is 1. The summed E-state index contributed by atoms with van der Waals surface area (Å²) in [6, 6.07) is 12.1. The Balaban J connectivity index is 2.22. The number of azo groups is 1. The van der Waals surface area contributed by atoms with Crippen LogP contribution < -0.4 is 0 Å². The van der Waals surface area contributed by atoms with E-state index in [0.29, 0.717) is 16.9 Å². The van der Waals surface area contributed by atoms with Crippen LogP contribution in [-0.2, 0) is 6.42 Å². The number of aromatic hydroxyl groups is 1. The molecule has 4 nitrogen and oxygen atoms in total. The molecule has 4 heteroatoms. The van der Waals surface area contributed by atoms with Crippen molar-refractivity contribution in [3.63, 3.8) is 0 Å². The number of aryl methyl sites for hydroxylation is 1. The van der Waals surface area contributed by atoms with E-state index in [4.69, 9.17) is 0 Å². The number of Topliss-reactive ketones (excluding diaryl/α,β-unsaturated/α-hetero) is 1. The van der Waals surface area contributed by atoms with Crippen molar-refractivity contribution in [1.82, 2.24) is 0 Å². The first-order chi connectivity index (χ1) is 9.60. The van der Waals surface area contributed by atoms with Crippen LogP contribution in [0.3, 0.4) is 0 Å². The van der Waals surface area contributed by atoms with Crippen LogP contribution in [0.1, 0.15) is 29.8 Å². The molecule has 20 heavy (non-hydrogen) atoms. The van der Waals surface area contributed by atoms with Gasteiger partial charge >= 0.3 is 0 Å². The number of hydrogen-bond donors (Lipinski definition) is 1. The van der Waals surface area contributed by atoms with E-state index in [1.54, 1.807) is 30.3 Å². The Kier molecular flexibility index (Phi) is 4.25. The minimum atomic E-state index is 0.0155. The minimum Gasteiger partial charge on any atom is -0.506 e. The van der Waals surface area contributed by atoms with Crippen molar-refractivity contribution >= 4 is 17.2 Å². The van der Waals surface area contributed by atoms with Gasteiger partial charge in [0.15, 0.2) is 5.78 Å². The maximum absolute atomic E-state index is 11.2. The molecule has 2 aromatic carbocycles. The van der Waals surface area contributed by atoms with Gasteiger partial charge < -0.3 is 5.11 Å². The highest BCUT2D eigenvalue weighted by molar-refractivity contribution is 5.94. The summed E-state index contributed by atoms with van der Waals surface area (Å²) < 4.78 is 0. The van der Waals surface area contributed by atoms with E-state index in [-0.39, 0.29) is 11.5 Å². The van der Waals surface area contributed by atoms with Crippen LogP contribution in [0.5, 0.6) is 5.75 Å². The molecular weight excluding hydrogens is 252 g/mol. The predicted octanol–water partition coefficient (Wildman–Crippen LogP) is 4.57. The molecule has 0 aliphatic rings. The van der Waals surface area contributed by atoms with Crippen LogP contribution in [-0.4, -0.2) is 10.9 Å². The summed E-state index contributed by atoms with van der Waals surface area (Å²) in [7, 11) is 0. The van der Waals surface area contributed by atoms with Gasteiger partial charge in [0.05, 0.1) is 5.69 Å². The van der Waals surface area contributed by atoms with E-state index < -0.39 is 0 Å². The van der Waals surface area contributed by atoms with Crippen LogP contribution in [0.15, 0.2) is 52.7 Å². The van der Waals surface area contributed by atoms with Gasteiger partial charge in [0.1, 0.15) is 11.4 Å². The molecule has 0 fully saturated rings. The number of rotatable bonds is 4. The molecule has 0 amide bonds. The van der Waals surface area contributed by atoms with Gasteiger partial charge in [-0.3, -0.25) is 4.79 Å². The second kappa shape index (κ2) is 6.10. The quantitative estimate of drug-likeness (QED) is 0.652. The topological polar surface area (TPSA) is 62.0 Å². The zero-order valence-electron chi connectivity index (χ0n) is 11.5. The van der Waals surface area contributed by atoms with Crippen LogP contribution in [0.4, 0.5) is 11.4 Å². The van der Waals surface area contributed by atoms with Gasteiger partial charge in [-0.05, 0) is 55.3 Å². The number of ketones is 1. The lowest BCUT2D eigenvalue weighted by atomic mass is 10.1. The normalized spacial score (nSPS) is 10.9. The van der Waals surface area contributed by atoms with Crippen LogP contribution in [0.25, 0.3) is 0 Å². The summed E-state index contributed by atoms with van der Waals surface area (Å²) in [6.45, 7) is 3.55. The van der Waals surface area contributed by atoms with Crippen molar-refractivity contribution in [2.75, 3.05) is 0 Å². The first-order valence-corrected chi connectivity index (χ1v) is 6.45. The SMILES string of the molecule is CCc1ccc(O)c(N=Nc2ccc(C(C)=O)cc2)c1. The summed E-state index contributed by atoms with van der Waals surface area (Å²) in [5.41, 5.74) is 2.81. The highest BCUT2D eigenvalue weighted by Crippen LogP contribution is 2.29. The van der Waals surface area contributed by atoms with Crippen molar-refractivity contribution in [3.8, 4) is 5.75 Å². The van der Waals surface area contributed by atoms with E-state index >= 15 is 0 Å². The van der Waals surface area contributed by atoms with Crippen molar-refractivity contribution < 1.29 is 9.90 Å². The number of carbonyl (C=O) groups is 1. The third-order valence-electron chi connectivity index (χ3n) is 3.00. The van der Waals surface area contributed by atoms with Gasteiger partial charge in [0.25, 0.3) is 0 Å². The number of phenolic OH excluding ortho intramolecular Hbond substituents is 1. The van der Waals surface area contributed by atoms with Crippen molar-refractivity contribution in [1.29, 1.82) is 0 Å². The van der Waals surface area contributed by atoms with E-state index in [1.165, 1.54) is 6.92 Å². The van der Waals surface area contributed by atoms with E-state index in [2.05, 4.69) is 10.2 Å². The zero-order valence-corrected chi connectivity index (χ0v) is 11.5. The monoisotopic (exact) mass is 268 g/mol. The van der Waals surface area contributed by atoms with Crippen LogP contribution in [0.2, 0.25) is 0 Å². The fourth-order valence-electron chi connectivity index (χ4n) is 1.74. The van der Waals surface area contributed by atoms with Crippen LogP contribution in [0, 0.1) is 0 Å². The van der Waals surface area contributed by atoms with Crippen molar-refractivity contribution in [2.45, 2.75) is 20.3 Å². The maximum Gasteiger partial charge on any atom is 0.159 e. The van der Waals surface area contributed by atoms with Gasteiger partial charge in [-0.15, -0.1) is 5.11 Å². The zero-order chi connectivity index (χ0) is 14.5. The summed E-state index contributed by atoms with van der Waals surface area (Å²) in [6.07, 6.45) is 0.871. The van der Waals surface area contributed by atoms with Gasteiger partial charge in [-0.25, -0.2) is 0 Å². The Morgan fingerprint density at radius 1 is 1.10 bits per heavy atom. The van der Waals surface area contributed by atoms with Crippen molar-refractivity contribution in [3.05, 3.63) is 53.6 Å². The molecule has 1 N–H and O–H groups in total. The Morgan fingerprint density at radius 3 is 2.40 bits per heavy atom. The van der Waals surface area contributed by atoms with E-state index in [1.807, 2.05) is 19.1 Å². The smallest absolute Gasteiger partial charge is 0.159 e.